The van der Waals surface area contributed by atoms with Gasteiger partial charge in [0.1, 0.15) is 23.0 Å². The molecule has 0 saturated heterocycles. The zero-order valence-electron chi connectivity index (χ0n) is 17.2. The first-order valence-electron chi connectivity index (χ1n) is 9.29. The van der Waals surface area contributed by atoms with Crippen LogP contribution in [-0.2, 0) is 0 Å². The molecule has 0 bridgehead atoms. The van der Waals surface area contributed by atoms with Crippen LogP contribution in [0, 0.1) is 0 Å². The van der Waals surface area contributed by atoms with E-state index in [1.165, 1.54) is 0 Å². The van der Waals surface area contributed by atoms with E-state index < -0.39 is 0 Å². The van der Waals surface area contributed by atoms with Gasteiger partial charge in [0.25, 0.3) is 0 Å². The number of hydrogen-bond acceptors (Lipinski definition) is 5. The van der Waals surface area contributed by atoms with Gasteiger partial charge in [-0.25, -0.2) is 4.79 Å². The molecule has 2 aromatic carbocycles. The van der Waals surface area contributed by atoms with Crippen LogP contribution in [0.5, 0.6) is 23.0 Å². The largest absolute Gasteiger partial charge is 0.496 e. The molecule has 0 aromatic heterocycles. The van der Waals surface area contributed by atoms with E-state index in [9.17, 15) is 4.79 Å². The molecule has 2 aromatic rings. The number of methoxy groups -OCH3 is 4. The smallest absolute Gasteiger partial charge is 0.322 e. The number of carbonyl (C=O) groups is 1. The Kier molecular flexibility index (Phi) is 6.49. The van der Waals surface area contributed by atoms with Crippen LogP contribution in [0.4, 0.5) is 10.5 Å². The Balaban J connectivity index is 1.78. The topological polar surface area (TPSA) is 69.3 Å². The van der Waals surface area contributed by atoms with Gasteiger partial charge in [-0.15, -0.1) is 0 Å². The first-order chi connectivity index (χ1) is 14.1. The Bertz CT molecular complexity index is 885. The zero-order valence-corrected chi connectivity index (χ0v) is 17.2. The summed E-state index contributed by atoms with van der Waals surface area (Å²) < 4.78 is 21.7. The van der Waals surface area contributed by atoms with Crippen molar-refractivity contribution in [2.45, 2.75) is 6.42 Å². The van der Waals surface area contributed by atoms with E-state index in [0.29, 0.717) is 48.2 Å². The van der Waals surface area contributed by atoms with Crippen molar-refractivity contribution < 1.29 is 23.7 Å². The van der Waals surface area contributed by atoms with Crippen molar-refractivity contribution in [2.24, 2.45) is 0 Å². The fraction of sp³-hybridized carbons (Fsp3) is 0.318. The number of rotatable bonds is 6. The number of urea groups is 1. The maximum Gasteiger partial charge on any atom is 0.322 e. The van der Waals surface area contributed by atoms with Crippen molar-refractivity contribution in [2.75, 3.05) is 46.8 Å². The summed E-state index contributed by atoms with van der Waals surface area (Å²) in [5, 5.41) is 2.91. The van der Waals surface area contributed by atoms with E-state index in [2.05, 4.69) is 5.32 Å². The third-order valence-electron chi connectivity index (χ3n) is 4.88. The van der Waals surface area contributed by atoms with Crippen LogP contribution in [0.2, 0.25) is 0 Å². The summed E-state index contributed by atoms with van der Waals surface area (Å²) in [7, 11) is 6.42. The Morgan fingerprint density at radius 3 is 2.14 bits per heavy atom. The second-order valence-corrected chi connectivity index (χ2v) is 6.46. The van der Waals surface area contributed by atoms with Crippen LogP contribution < -0.4 is 24.3 Å². The lowest BCUT2D eigenvalue weighted by Gasteiger charge is -2.28. The van der Waals surface area contributed by atoms with Crippen LogP contribution in [-0.4, -0.2) is 52.5 Å². The molecular formula is C22H26N2O5. The molecule has 1 heterocycles. The molecule has 0 saturated carbocycles. The molecule has 0 unspecified atom stereocenters. The third-order valence-corrected chi connectivity index (χ3v) is 4.88. The lowest BCUT2D eigenvalue weighted by atomic mass is 9.97. The quantitative estimate of drug-likeness (QED) is 0.795. The first-order valence-corrected chi connectivity index (χ1v) is 9.29. The van der Waals surface area contributed by atoms with Crippen molar-refractivity contribution >= 4 is 17.3 Å². The van der Waals surface area contributed by atoms with Gasteiger partial charge in [0, 0.05) is 25.2 Å². The highest BCUT2D eigenvalue weighted by Gasteiger charge is 2.23. The molecule has 0 atom stereocenters. The van der Waals surface area contributed by atoms with Crippen molar-refractivity contribution in [1.29, 1.82) is 0 Å². The minimum absolute atomic E-state index is 0.168. The van der Waals surface area contributed by atoms with Gasteiger partial charge in [0.15, 0.2) is 0 Å². The molecule has 0 spiro atoms. The highest BCUT2D eigenvalue weighted by Crippen LogP contribution is 2.40. The van der Waals surface area contributed by atoms with Gasteiger partial charge in [-0.2, -0.15) is 0 Å². The maximum atomic E-state index is 12.7. The van der Waals surface area contributed by atoms with Crippen molar-refractivity contribution in [1.82, 2.24) is 4.90 Å². The molecule has 1 aliphatic heterocycles. The predicted molar refractivity (Wildman–Crippen MR) is 112 cm³/mol. The lowest BCUT2D eigenvalue weighted by Crippen LogP contribution is -2.38. The monoisotopic (exact) mass is 398 g/mol. The van der Waals surface area contributed by atoms with Gasteiger partial charge >= 0.3 is 6.03 Å². The van der Waals surface area contributed by atoms with Gasteiger partial charge in [0.05, 0.1) is 39.7 Å². The molecular weight excluding hydrogens is 372 g/mol. The number of para-hydroxylation sites is 2. The van der Waals surface area contributed by atoms with Crippen LogP contribution in [0.25, 0.3) is 5.57 Å². The Labute approximate surface area is 170 Å². The summed E-state index contributed by atoms with van der Waals surface area (Å²) in [6.45, 7) is 1.06. The number of anilines is 1. The summed E-state index contributed by atoms with van der Waals surface area (Å²) >= 11 is 0. The van der Waals surface area contributed by atoms with E-state index in [1.807, 2.05) is 42.5 Å². The highest BCUT2D eigenvalue weighted by atomic mass is 16.5. The summed E-state index contributed by atoms with van der Waals surface area (Å²) in [6, 6.07) is 10.8. The molecule has 7 nitrogen and oxygen atoms in total. The number of nitrogens with zero attached hydrogens (tertiary/aromatic N) is 1. The molecule has 7 heteroatoms. The maximum absolute atomic E-state index is 12.7. The second kappa shape index (κ2) is 9.23. The first kappa shape index (κ1) is 20.4. The summed E-state index contributed by atoms with van der Waals surface area (Å²) in [4.78, 5) is 14.4. The number of amides is 2. The molecule has 1 aliphatic rings. The van der Waals surface area contributed by atoms with Crippen LogP contribution >= 0.6 is 0 Å². The molecule has 0 radical (unpaired) electrons. The van der Waals surface area contributed by atoms with Gasteiger partial charge in [-0.1, -0.05) is 18.2 Å². The second-order valence-electron chi connectivity index (χ2n) is 6.46. The Morgan fingerprint density at radius 2 is 1.59 bits per heavy atom. The van der Waals surface area contributed by atoms with Crippen LogP contribution in [0.3, 0.4) is 0 Å². The molecule has 3 rings (SSSR count). The van der Waals surface area contributed by atoms with E-state index in [0.717, 1.165) is 11.1 Å². The van der Waals surface area contributed by atoms with Gasteiger partial charge in [-0.05, 0) is 24.1 Å². The molecule has 2 amide bonds. The highest BCUT2D eigenvalue weighted by molar-refractivity contribution is 5.91. The third kappa shape index (κ3) is 4.39. The van der Waals surface area contributed by atoms with Crippen molar-refractivity contribution in [3.63, 3.8) is 0 Å². The summed E-state index contributed by atoms with van der Waals surface area (Å²) in [6.07, 6.45) is 2.70. The van der Waals surface area contributed by atoms with E-state index >= 15 is 0 Å². The minimum Gasteiger partial charge on any atom is -0.496 e. The van der Waals surface area contributed by atoms with E-state index in [-0.39, 0.29) is 6.03 Å². The normalized spacial score (nSPS) is 13.4. The minimum atomic E-state index is -0.168. The fourth-order valence-electron chi connectivity index (χ4n) is 3.34. The number of benzene rings is 2. The number of hydrogen-bond donors (Lipinski definition) is 1. The zero-order chi connectivity index (χ0) is 20.8. The van der Waals surface area contributed by atoms with Gasteiger partial charge in [-0.3, -0.25) is 0 Å². The SMILES string of the molecule is COc1cc(OC)c(C2=CCN(C(=O)Nc3ccccc3OC)CC2)c(OC)c1. The molecule has 0 aliphatic carbocycles. The molecule has 0 fully saturated rings. The fourth-order valence-corrected chi connectivity index (χ4v) is 3.34. The molecule has 1 N–H and O–H groups in total. The summed E-state index contributed by atoms with van der Waals surface area (Å²) in [5.41, 5.74) is 2.61. The number of carbonyl (C=O) groups excluding carboxylic acids is 1. The van der Waals surface area contributed by atoms with Crippen LogP contribution in [0.1, 0.15) is 12.0 Å². The van der Waals surface area contributed by atoms with Crippen molar-refractivity contribution in [3.05, 3.63) is 48.0 Å². The Hall–Kier alpha value is -3.35. The average molecular weight is 398 g/mol. The number of nitrogens with one attached hydrogen (secondary N) is 1. The van der Waals surface area contributed by atoms with Gasteiger partial charge < -0.3 is 29.2 Å². The number of ether oxygens (including phenoxy) is 4. The van der Waals surface area contributed by atoms with E-state index in [4.69, 9.17) is 18.9 Å². The standard InChI is InChI=1S/C22H26N2O5/c1-26-16-13-19(28-3)21(20(14-16)29-4)15-9-11-24(12-10-15)22(25)23-17-7-5-6-8-18(17)27-2/h5-9,13-14H,10-12H2,1-4H3,(H,23,25). The van der Waals surface area contributed by atoms with Crippen molar-refractivity contribution in [3.8, 4) is 23.0 Å². The van der Waals surface area contributed by atoms with Gasteiger partial charge in [0.2, 0.25) is 0 Å². The Morgan fingerprint density at radius 1 is 0.931 bits per heavy atom. The summed E-state index contributed by atoms with van der Waals surface area (Å²) in [5.74, 6) is 2.65. The van der Waals surface area contributed by atoms with Crippen LogP contribution in [0.15, 0.2) is 42.5 Å². The average Bonchev–Trinajstić information content (AvgIpc) is 2.78. The molecule has 154 valence electrons. The molecule has 29 heavy (non-hydrogen) atoms. The lowest BCUT2D eigenvalue weighted by molar-refractivity contribution is 0.217. The van der Waals surface area contributed by atoms with E-state index in [1.54, 1.807) is 33.3 Å². The predicted octanol–water partition coefficient (Wildman–Crippen LogP) is 4.04.